The molecule has 0 saturated carbocycles. The fourth-order valence-electron chi connectivity index (χ4n) is 4.91. The maximum atomic E-state index is 6.37. The Morgan fingerprint density at radius 2 is 1.29 bits per heavy atom. The van der Waals surface area contributed by atoms with Crippen molar-refractivity contribution in [1.29, 1.82) is 0 Å². The third-order valence-electron chi connectivity index (χ3n) is 7.44. The first kappa shape index (κ1) is 21.2. The van der Waals surface area contributed by atoms with Crippen molar-refractivity contribution in [2.75, 3.05) is 0 Å². The lowest BCUT2D eigenvalue weighted by atomic mass is 9.78. The molecule has 4 heteroatoms. The average Bonchev–Trinajstić information content (AvgIpc) is 3.29. The summed E-state index contributed by atoms with van der Waals surface area (Å²) in [5.41, 5.74) is 6.26. The van der Waals surface area contributed by atoms with E-state index in [1.165, 1.54) is 32.9 Å². The SMILES string of the molecule is CC1(C)OB(c2ccc3c(c2)c2cccc(-c4ccccc4)c2n3-c2ccccc2)OC1(C)C. The van der Waals surface area contributed by atoms with E-state index in [0.29, 0.717) is 0 Å². The van der Waals surface area contributed by atoms with E-state index in [4.69, 9.17) is 9.31 Å². The third kappa shape index (κ3) is 3.21. The predicted molar refractivity (Wildman–Crippen MR) is 142 cm³/mol. The molecule has 0 aliphatic carbocycles. The molecule has 0 spiro atoms. The first-order valence-corrected chi connectivity index (χ1v) is 11.9. The Bertz CT molecular complexity index is 1490. The Morgan fingerprint density at radius 1 is 0.647 bits per heavy atom. The van der Waals surface area contributed by atoms with E-state index in [1.807, 2.05) is 0 Å². The molecule has 1 aromatic heterocycles. The molecule has 1 aliphatic heterocycles. The number of fused-ring (bicyclic) bond motifs is 3. The molecule has 2 heterocycles. The van der Waals surface area contributed by atoms with Crippen LogP contribution in [-0.4, -0.2) is 22.9 Å². The highest BCUT2D eigenvalue weighted by atomic mass is 16.7. The van der Waals surface area contributed by atoms with Crippen LogP contribution in [-0.2, 0) is 9.31 Å². The monoisotopic (exact) mass is 445 g/mol. The van der Waals surface area contributed by atoms with Crippen molar-refractivity contribution in [3.8, 4) is 16.8 Å². The molecule has 5 aromatic rings. The molecule has 1 fully saturated rings. The smallest absolute Gasteiger partial charge is 0.399 e. The van der Waals surface area contributed by atoms with Gasteiger partial charge < -0.3 is 13.9 Å². The van der Waals surface area contributed by atoms with E-state index in [-0.39, 0.29) is 18.3 Å². The topological polar surface area (TPSA) is 23.4 Å². The number of hydrogen-bond donors (Lipinski definition) is 0. The van der Waals surface area contributed by atoms with Crippen LogP contribution in [0.1, 0.15) is 27.7 Å². The van der Waals surface area contributed by atoms with Gasteiger partial charge in [-0.1, -0.05) is 78.9 Å². The van der Waals surface area contributed by atoms with Gasteiger partial charge in [0.15, 0.2) is 0 Å². The Balaban J connectivity index is 1.63. The molecular formula is C30H28BNO2. The van der Waals surface area contributed by atoms with Gasteiger partial charge in [-0.3, -0.25) is 0 Å². The third-order valence-corrected chi connectivity index (χ3v) is 7.44. The maximum Gasteiger partial charge on any atom is 0.494 e. The second-order valence-corrected chi connectivity index (χ2v) is 10.1. The lowest BCUT2D eigenvalue weighted by Gasteiger charge is -2.32. The molecule has 168 valence electrons. The molecular weight excluding hydrogens is 417 g/mol. The zero-order valence-electron chi connectivity index (χ0n) is 20.1. The van der Waals surface area contributed by atoms with Gasteiger partial charge in [0, 0.05) is 22.0 Å². The van der Waals surface area contributed by atoms with Crippen LogP contribution in [0.3, 0.4) is 0 Å². The van der Waals surface area contributed by atoms with Crippen molar-refractivity contribution in [3.05, 3.63) is 97.1 Å². The second kappa shape index (κ2) is 7.59. The minimum Gasteiger partial charge on any atom is -0.399 e. The molecule has 0 N–H and O–H groups in total. The van der Waals surface area contributed by atoms with Gasteiger partial charge in [0.25, 0.3) is 0 Å². The summed E-state index contributed by atoms with van der Waals surface area (Å²) in [6, 6.07) is 34.4. The fraction of sp³-hybridized carbons (Fsp3) is 0.200. The van der Waals surface area contributed by atoms with Gasteiger partial charge >= 0.3 is 7.12 Å². The molecule has 4 aromatic carbocycles. The van der Waals surface area contributed by atoms with Gasteiger partial charge in [0.1, 0.15) is 0 Å². The summed E-state index contributed by atoms with van der Waals surface area (Å²) >= 11 is 0. The Morgan fingerprint density at radius 3 is 1.97 bits per heavy atom. The van der Waals surface area contributed by atoms with Crippen molar-refractivity contribution in [1.82, 2.24) is 4.57 Å². The second-order valence-electron chi connectivity index (χ2n) is 10.1. The molecule has 0 unspecified atom stereocenters. The highest BCUT2D eigenvalue weighted by Gasteiger charge is 2.51. The van der Waals surface area contributed by atoms with E-state index < -0.39 is 0 Å². The van der Waals surface area contributed by atoms with E-state index in [0.717, 1.165) is 11.2 Å². The highest BCUT2D eigenvalue weighted by Crippen LogP contribution is 2.39. The molecule has 6 rings (SSSR count). The van der Waals surface area contributed by atoms with Crippen molar-refractivity contribution in [3.63, 3.8) is 0 Å². The molecule has 34 heavy (non-hydrogen) atoms. The molecule has 0 atom stereocenters. The summed E-state index contributed by atoms with van der Waals surface area (Å²) in [7, 11) is -0.387. The van der Waals surface area contributed by atoms with Crippen LogP contribution in [0.2, 0.25) is 0 Å². The Kier molecular flexibility index (Phi) is 4.74. The molecule has 0 radical (unpaired) electrons. The lowest BCUT2D eigenvalue weighted by Crippen LogP contribution is -2.41. The molecule has 0 bridgehead atoms. The standard InChI is InChI=1S/C30H28BNO2/c1-29(2)30(3,4)34-31(33-29)22-18-19-27-26(20-22)25-17-11-16-24(21-12-7-5-8-13-21)28(25)32(27)23-14-9-6-10-15-23/h5-20H,1-4H3. The quantitative estimate of drug-likeness (QED) is 0.287. The van der Waals surface area contributed by atoms with Crippen LogP contribution in [0, 0.1) is 0 Å². The summed E-state index contributed by atoms with van der Waals surface area (Å²) in [6.07, 6.45) is 0. The van der Waals surface area contributed by atoms with Gasteiger partial charge in [0.2, 0.25) is 0 Å². The van der Waals surface area contributed by atoms with E-state index in [1.54, 1.807) is 0 Å². The minimum atomic E-state index is -0.387. The number of para-hydroxylation sites is 2. The van der Waals surface area contributed by atoms with Crippen LogP contribution in [0.15, 0.2) is 97.1 Å². The summed E-state index contributed by atoms with van der Waals surface area (Å²) in [6.45, 7) is 8.38. The molecule has 1 saturated heterocycles. The summed E-state index contributed by atoms with van der Waals surface area (Å²) < 4.78 is 15.1. The predicted octanol–water partition coefficient (Wildman–Crippen LogP) is 6.75. The van der Waals surface area contributed by atoms with E-state index in [2.05, 4.69) is 129 Å². The average molecular weight is 445 g/mol. The van der Waals surface area contributed by atoms with Crippen LogP contribution in [0.4, 0.5) is 0 Å². The summed E-state index contributed by atoms with van der Waals surface area (Å²) in [5.74, 6) is 0. The van der Waals surface area contributed by atoms with E-state index in [9.17, 15) is 0 Å². The first-order valence-electron chi connectivity index (χ1n) is 11.9. The number of aromatic nitrogens is 1. The fourth-order valence-corrected chi connectivity index (χ4v) is 4.91. The summed E-state index contributed by atoms with van der Waals surface area (Å²) in [4.78, 5) is 0. The summed E-state index contributed by atoms with van der Waals surface area (Å²) in [5, 5.41) is 2.42. The Labute approximate surface area is 201 Å². The van der Waals surface area contributed by atoms with Gasteiger partial charge in [-0.15, -0.1) is 0 Å². The van der Waals surface area contributed by atoms with E-state index >= 15 is 0 Å². The van der Waals surface area contributed by atoms with Crippen molar-refractivity contribution in [2.24, 2.45) is 0 Å². The van der Waals surface area contributed by atoms with Gasteiger partial charge in [-0.25, -0.2) is 0 Å². The van der Waals surface area contributed by atoms with Gasteiger partial charge in [-0.2, -0.15) is 0 Å². The molecule has 1 aliphatic rings. The number of rotatable bonds is 3. The minimum absolute atomic E-state index is 0.370. The largest absolute Gasteiger partial charge is 0.494 e. The van der Waals surface area contributed by atoms with Crippen LogP contribution < -0.4 is 5.46 Å². The zero-order chi connectivity index (χ0) is 23.5. The lowest BCUT2D eigenvalue weighted by molar-refractivity contribution is 0.00578. The van der Waals surface area contributed by atoms with Crippen LogP contribution in [0.25, 0.3) is 38.6 Å². The van der Waals surface area contributed by atoms with Crippen LogP contribution >= 0.6 is 0 Å². The van der Waals surface area contributed by atoms with Crippen LogP contribution in [0.5, 0.6) is 0 Å². The highest BCUT2D eigenvalue weighted by molar-refractivity contribution is 6.62. The first-order chi connectivity index (χ1) is 16.4. The maximum absolute atomic E-state index is 6.37. The number of hydrogen-bond acceptors (Lipinski definition) is 2. The number of benzene rings is 4. The van der Waals surface area contributed by atoms with Crippen molar-refractivity contribution in [2.45, 2.75) is 38.9 Å². The zero-order valence-corrected chi connectivity index (χ0v) is 20.1. The number of nitrogens with zero attached hydrogens (tertiary/aromatic N) is 1. The van der Waals surface area contributed by atoms with Gasteiger partial charge in [-0.05, 0) is 56.9 Å². The van der Waals surface area contributed by atoms with Gasteiger partial charge in [0.05, 0.1) is 22.2 Å². The normalized spacial score (nSPS) is 17.0. The molecule has 0 amide bonds. The Hall–Kier alpha value is -3.34. The van der Waals surface area contributed by atoms with Crippen molar-refractivity contribution >= 4 is 34.4 Å². The van der Waals surface area contributed by atoms with Crippen molar-refractivity contribution < 1.29 is 9.31 Å². The molecule has 3 nitrogen and oxygen atoms in total.